The summed E-state index contributed by atoms with van der Waals surface area (Å²) in [5, 5.41) is 13.9. The predicted octanol–water partition coefficient (Wildman–Crippen LogP) is 2.74. The van der Waals surface area contributed by atoms with Crippen LogP contribution in [-0.4, -0.2) is 24.7 Å². The molecule has 1 fully saturated rings. The van der Waals surface area contributed by atoms with Crippen molar-refractivity contribution in [1.29, 1.82) is 0 Å². The van der Waals surface area contributed by atoms with Crippen molar-refractivity contribution in [3.05, 3.63) is 33.9 Å². The lowest BCUT2D eigenvalue weighted by atomic mass is 10.2. The standard InChI is InChI=1S/C13H18N2O3/c1-10-6-12(8-13(7-10)15(16)17)14-4-5-18-9-11-2-3-11/h6-8,11,14H,2-5,9H2,1H3. The smallest absolute Gasteiger partial charge is 0.271 e. The van der Waals surface area contributed by atoms with Gasteiger partial charge >= 0.3 is 0 Å². The summed E-state index contributed by atoms with van der Waals surface area (Å²) in [6.45, 7) is 4.00. The summed E-state index contributed by atoms with van der Waals surface area (Å²) in [6.07, 6.45) is 2.58. The molecule has 0 heterocycles. The van der Waals surface area contributed by atoms with Crippen LogP contribution in [0.4, 0.5) is 11.4 Å². The number of benzene rings is 1. The first-order valence-electron chi connectivity index (χ1n) is 6.23. The molecule has 5 heteroatoms. The van der Waals surface area contributed by atoms with Gasteiger partial charge < -0.3 is 10.1 Å². The Morgan fingerprint density at radius 1 is 1.44 bits per heavy atom. The van der Waals surface area contributed by atoms with E-state index in [-0.39, 0.29) is 10.6 Å². The molecule has 1 aliphatic rings. The summed E-state index contributed by atoms with van der Waals surface area (Å²) in [6, 6.07) is 5.01. The second-order valence-corrected chi connectivity index (χ2v) is 4.76. The SMILES string of the molecule is Cc1cc(NCCOCC2CC2)cc([N+](=O)[O-])c1. The zero-order valence-corrected chi connectivity index (χ0v) is 10.5. The molecule has 0 atom stereocenters. The quantitative estimate of drug-likeness (QED) is 0.459. The first kappa shape index (κ1) is 12.8. The van der Waals surface area contributed by atoms with Crippen LogP contribution >= 0.6 is 0 Å². The lowest BCUT2D eigenvalue weighted by molar-refractivity contribution is -0.384. The number of non-ortho nitro benzene ring substituents is 1. The van der Waals surface area contributed by atoms with Crippen molar-refractivity contribution in [3.8, 4) is 0 Å². The van der Waals surface area contributed by atoms with Gasteiger partial charge in [0.25, 0.3) is 5.69 Å². The summed E-state index contributed by atoms with van der Waals surface area (Å²) in [5.74, 6) is 0.769. The summed E-state index contributed by atoms with van der Waals surface area (Å²) in [5.41, 5.74) is 1.78. The maximum atomic E-state index is 10.7. The Labute approximate surface area is 106 Å². The fourth-order valence-electron chi connectivity index (χ4n) is 1.77. The van der Waals surface area contributed by atoms with E-state index in [1.54, 1.807) is 12.1 Å². The predicted molar refractivity (Wildman–Crippen MR) is 69.9 cm³/mol. The van der Waals surface area contributed by atoms with Crippen molar-refractivity contribution in [2.24, 2.45) is 5.92 Å². The van der Waals surface area contributed by atoms with E-state index in [2.05, 4.69) is 5.32 Å². The van der Waals surface area contributed by atoms with Gasteiger partial charge in [-0.3, -0.25) is 10.1 Å². The lowest BCUT2D eigenvalue weighted by Crippen LogP contribution is -2.10. The minimum Gasteiger partial charge on any atom is -0.383 e. The molecular weight excluding hydrogens is 232 g/mol. The number of hydrogen-bond donors (Lipinski definition) is 1. The number of hydrogen-bond acceptors (Lipinski definition) is 4. The maximum Gasteiger partial charge on any atom is 0.271 e. The molecule has 2 rings (SSSR count). The summed E-state index contributed by atoms with van der Waals surface area (Å²) in [7, 11) is 0. The Kier molecular flexibility index (Phi) is 4.15. The zero-order chi connectivity index (χ0) is 13.0. The fourth-order valence-corrected chi connectivity index (χ4v) is 1.77. The van der Waals surface area contributed by atoms with Crippen LogP contribution in [0.25, 0.3) is 0 Å². The van der Waals surface area contributed by atoms with Crippen molar-refractivity contribution in [2.75, 3.05) is 25.1 Å². The van der Waals surface area contributed by atoms with E-state index in [0.29, 0.717) is 13.2 Å². The molecule has 1 aliphatic carbocycles. The van der Waals surface area contributed by atoms with Gasteiger partial charge in [0.2, 0.25) is 0 Å². The molecule has 0 spiro atoms. The molecule has 0 aliphatic heterocycles. The highest BCUT2D eigenvalue weighted by molar-refractivity contribution is 5.53. The van der Waals surface area contributed by atoms with Gasteiger partial charge in [-0.2, -0.15) is 0 Å². The van der Waals surface area contributed by atoms with E-state index in [1.165, 1.54) is 12.8 Å². The van der Waals surface area contributed by atoms with E-state index >= 15 is 0 Å². The summed E-state index contributed by atoms with van der Waals surface area (Å²) >= 11 is 0. The number of ether oxygens (including phenoxy) is 1. The van der Waals surface area contributed by atoms with Gasteiger partial charge in [-0.15, -0.1) is 0 Å². The third-order valence-corrected chi connectivity index (χ3v) is 2.90. The fraction of sp³-hybridized carbons (Fsp3) is 0.538. The first-order chi connectivity index (χ1) is 8.65. The highest BCUT2D eigenvalue weighted by atomic mass is 16.6. The molecule has 98 valence electrons. The van der Waals surface area contributed by atoms with Crippen LogP contribution in [0.1, 0.15) is 18.4 Å². The summed E-state index contributed by atoms with van der Waals surface area (Å²) < 4.78 is 5.49. The molecule has 5 nitrogen and oxygen atoms in total. The molecule has 0 saturated heterocycles. The second-order valence-electron chi connectivity index (χ2n) is 4.76. The number of anilines is 1. The van der Waals surface area contributed by atoms with Gasteiger partial charge in [-0.1, -0.05) is 0 Å². The zero-order valence-electron chi connectivity index (χ0n) is 10.5. The Hall–Kier alpha value is -1.62. The monoisotopic (exact) mass is 250 g/mol. The third kappa shape index (κ3) is 4.00. The van der Waals surface area contributed by atoms with E-state index in [4.69, 9.17) is 4.74 Å². The Bertz CT molecular complexity index is 430. The Morgan fingerprint density at radius 3 is 2.89 bits per heavy atom. The first-order valence-corrected chi connectivity index (χ1v) is 6.23. The molecule has 0 amide bonds. The van der Waals surface area contributed by atoms with Gasteiger partial charge in [-0.25, -0.2) is 0 Å². The number of nitrogens with one attached hydrogen (secondary N) is 1. The van der Waals surface area contributed by atoms with Crippen LogP contribution in [0.3, 0.4) is 0 Å². The highest BCUT2D eigenvalue weighted by Gasteiger charge is 2.20. The molecule has 1 N–H and O–H groups in total. The van der Waals surface area contributed by atoms with Crippen molar-refractivity contribution in [3.63, 3.8) is 0 Å². The highest BCUT2D eigenvalue weighted by Crippen LogP contribution is 2.28. The van der Waals surface area contributed by atoms with E-state index in [0.717, 1.165) is 23.8 Å². The topological polar surface area (TPSA) is 64.4 Å². The Balaban J connectivity index is 1.78. The molecular formula is C13H18N2O3. The summed E-state index contributed by atoms with van der Waals surface area (Å²) in [4.78, 5) is 10.3. The third-order valence-electron chi connectivity index (χ3n) is 2.90. The van der Waals surface area contributed by atoms with Gasteiger partial charge in [0.05, 0.1) is 11.5 Å². The molecule has 0 radical (unpaired) electrons. The van der Waals surface area contributed by atoms with E-state index in [1.807, 2.05) is 13.0 Å². The Morgan fingerprint density at radius 2 is 2.22 bits per heavy atom. The van der Waals surface area contributed by atoms with Gasteiger partial charge in [-0.05, 0) is 37.3 Å². The number of rotatable bonds is 7. The van der Waals surface area contributed by atoms with E-state index in [9.17, 15) is 10.1 Å². The minimum atomic E-state index is -0.373. The largest absolute Gasteiger partial charge is 0.383 e. The molecule has 0 bridgehead atoms. The van der Waals surface area contributed by atoms with Gasteiger partial charge in [0, 0.05) is 31.0 Å². The van der Waals surface area contributed by atoms with Crippen molar-refractivity contribution in [1.82, 2.24) is 0 Å². The minimum absolute atomic E-state index is 0.122. The number of nitrogens with zero attached hydrogens (tertiary/aromatic N) is 1. The molecule has 1 aromatic carbocycles. The number of nitro benzene ring substituents is 1. The van der Waals surface area contributed by atoms with Crippen LogP contribution in [0, 0.1) is 23.0 Å². The van der Waals surface area contributed by atoms with Crippen LogP contribution in [0.15, 0.2) is 18.2 Å². The van der Waals surface area contributed by atoms with Gasteiger partial charge in [0.15, 0.2) is 0 Å². The number of aryl methyl sites for hydroxylation is 1. The van der Waals surface area contributed by atoms with Crippen molar-refractivity contribution < 1.29 is 9.66 Å². The molecule has 1 aromatic rings. The lowest BCUT2D eigenvalue weighted by Gasteiger charge is -2.08. The van der Waals surface area contributed by atoms with Crippen LogP contribution in [0.5, 0.6) is 0 Å². The molecule has 1 saturated carbocycles. The van der Waals surface area contributed by atoms with Crippen LogP contribution in [0.2, 0.25) is 0 Å². The van der Waals surface area contributed by atoms with Crippen LogP contribution in [-0.2, 0) is 4.74 Å². The van der Waals surface area contributed by atoms with Crippen LogP contribution < -0.4 is 5.32 Å². The molecule has 18 heavy (non-hydrogen) atoms. The number of nitro groups is 1. The second kappa shape index (κ2) is 5.82. The van der Waals surface area contributed by atoms with Gasteiger partial charge in [0.1, 0.15) is 0 Å². The average Bonchev–Trinajstić information content (AvgIpc) is 3.12. The van der Waals surface area contributed by atoms with Crippen molar-refractivity contribution >= 4 is 11.4 Å². The van der Waals surface area contributed by atoms with E-state index < -0.39 is 0 Å². The molecule has 0 unspecified atom stereocenters. The normalized spacial score (nSPS) is 14.5. The average molecular weight is 250 g/mol. The van der Waals surface area contributed by atoms with Crippen molar-refractivity contribution in [2.45, 2.75) is 19.8 Å². The molecule has 0 aromatic heterocycles. The maximum absolute atomic E-state index is 10.7.